The van der Waals surface area contributed by atoms with Crippen LogP contribution in [-0.4, -0.2) is 28.6 Å². The Morgan fingerprint density at radius 3 is 2.67 bits per heavy atom. The number of H-pyrrole nitrogens is 1. The van der Waals surface area contributed by atoms with Gasteiger partial charge in [-0.3, -0.25) is 19.1 Å². The van der Waals surface area contributed by atoms with E-state index in [0.29, 0.717) is 13.0 Å². The largest absolute Gasteiger partial charge is 0.484 e. The van der Waals surface area contributed by atoms with E-state index in [1.165, 1.54) is 21.6 Å². The number of nitrogen functional groups attached to an aromatic ring is 1. The number of ether oxygens (including phenoxy) is 1. The van der Waals surface area contributed by atoms with Crippen LogP contribution in [0.4, 0.5) is 15.9 Å². The average molecular weight is 441 g/mol. The molecule has 3 N–H and O–H groups in total. The number of amides is 1. The summed E-state index contributed by atoms with van der Waals surface area (Å²) in [5.74, 6) is -1.01. The molecule has 1 amide bonds. The van der Waals surface area contributed by atoms with E-state index < -0.39 is 29.6 Å². The summed E-state index contributed by atoms with van der Waals surface area (Å²) in [6, 6.07) is 3.72. The Morgan fingerprint density at radius 2 is 2.07 bits per heavy atom. The van der Waals surface area contributed by atoms with Gasteiger partial charge in [0.1, 0.15) is 17.4 Å². The highest BCUT2D eigenvalue weighted by atomic mass is 35.5. The van der Waals surface area contributed by atoms with Gasteiger partial charge in [-0.25, -0.2) is 9.18 Å². The number of aromatic nitrogens is 2. The molecular weight excluding hydrogens is 415 g/mol. The number of nitrogens with zero attached hydrogens (tertiary/aromatic N) is 2. The van der Waals surface area contributed by atoms with Gasteiger partial charge in [0.05, 0.1) is 5.02 Å². The number of nitrogens with one attached hydrogen (secondary N) is 1. The van der Waals surface area contributed by atoms with Crippen LogP contribution in [0.25, 0.3) is 0 Å². The van der Waals surface area contributed by atoms with Gasteiger partial charge in [-0.2, -0.15) is 0 Å². The molecule has 2 rings (SSSR count). The summed E-state index contributed by atoms with van der Waals surface area (Å²) in [5.41, 5.74) is 4.67. The monoisotopic (exact) mass is 440 g/mol. The standard InChI is InChI=1S/C20H26ClFN4O4/c1-4-5-8-25-18(23)17(19(28)24-20(25)29)26(10-12(2)3)16(27)11-30-13-6-7-15(22)14(21)9-13/h6-7,9,12H,4-5,8,10-11,23H2,1-3H3,(H,24,28,29). The van der Waals surface area contributed by atoms with Crippen molar-refractivity contribution in [2.75, 3.05) is 23.8 Å². The van der Waals surface area contributed by atoms with Crippen molar-refractivity contribution in [1.29, 1.82) is 0 Å². The quantitative estimate of drug-likeness (QED) is 0.623. The van der Waals surface area contributed by atoms with E-state index in [1.54, 1.807) is 0 Å². The number of hydrogen-bond donors (Lipinski definition) is 2. The van der Waals surface area contributed by atoms with Crippen LogP contribution in [0, 0.1) is 11.7 Å². The first-order valence-electron chi connectivity index (χ1n) is 9.66. The zero-order chi connectivity index (χ0) is 22.4. The second kappa shape index (κ2) is 10.3. The van der Waals surface area contributed by atoms with Crippen molar-refractivity contribution in [2.24, 2.45) is 5.92 Å². The minimum absolute atomic E-state index is 0.00374. The van der Waals surface area contributed by atoms with Crippen molar-refractivity contribution in [1.82, 2.24) is 9.55 Å². The van der Waals surface area contributed by atoms with Crippen molar-refractivity contribution in [3.8, 4) is 5.75 Å². The summed E-state index contributed by atoms with van der Waals surface area (Å²) in [6.07, 6.45) is 1.51. The molecule has 0 saturated heterocycles. The van der Waals surface area contributed by atoms with E-state index in [9.17, 15) is 18.8 Å². The molecule has 0 fully saturated rings. The molecule has 10 heteroatoms. The molecule has 2 aromatic rings. The predicted molar refractivity (Wildman–Crippen MR) is 115 cm³/mol. The maximum absolute atomic E-state index is 13.3. The number of aromatic amines is 1. The first kappa shape index (κ1) is 23.5. The number of halogens is 2. The van der Waals surface area contributed by atoms with Crippen molar-refractivity contribution in [3.63, 3.8) is 0 Å². The Balaban J connectivity index is 2.36. The molecule has 30 heavy (non-hydrogen) atoms. The first-order chi connectivity index (χ1) is 14.1. The maximum Gasteiger partial charge on any atom is 0.330 e. The maximum atomic E-state index is 13.3. The fourth-order valence-electron chi connectivity index (χ4n) is 2.85. The van der Waals surface area contributed by atoms with Crippen LogP contribution in [0.15, 0.2) is 27.8 Å². The summed E-state index contributed by atoms with van der Waals surface area (Å²) >= 11 is 5.73. The van der Waals surface area contributed by atoms with Crippen LogP contribution in [0.2, 0.25) is 5.02 Å². The molecule has 164 valence electrons. The second-order valence-electron chi connectivity index (χ2n) is 7.26. The lowest BCUT2D eigenvalue weighted by Crippen LogP contribution is -2.44. The summed E-state index contributed by atoms with van der Waals surface area (Å²) < 4.78 is 20.0. The third-order valence-corrected chi connectivity index (χ3v) is 4.61. The van der Waals surface area contributed by atoms with Crippen molar-refractivity contribution < 1.29 is 13.9 Å². The summed E-state index contributed by atoms with van der Waals surface area (Å²) in [5, 5.41) is -0.136. The van der Waals surface area contributed by atoms with Gasteiger partial charge in [0.25, 0.3) is 11.5 Å². The molecule has 1 aromatic carbocycles. The molecule has 0 aliphatic carbocycles. The fourth-order valence-corrected chi connectivity index (χ4v) is 3.02. The lowest BCUT2D eigenvalue weighted by molar-refractivity contribution is -0.120. The number of carbonyl (C=O) groups excluding carboxylic acids is 1. The van der Waals surface area contributed by atoms with E-state index >= 15 is 0 Å². The van der Waals surface area contributed by atoms with Crippen LogP contribution in [-0.2, 0) is 11.3 Å². The van der Waals surface area contributed by atoms with Crippen LogP contribution >= 0.6 is 11.6 Å². The molecule has 0 unspecified atom stereocenters. The van der Waals surface area contributed by atoms with Crippen molar-refractivity contribution >= 4 is 29.0 Å². The Hall–Kier alpha value is -2.81. The smallest absolute Gasteiger partial charge is 0.330 e. The topological polar surface area (TPSA) is 110 Å². The zero-order valence-corrected chi connectivity index (χ0v) is 18.0. The molecule has 1 aromatic heterocycles. The van der Waals surface area contributed by atoms with Crippen molar-refractivity contribution in [3.05, 3.63) is 49.9 Å². The van der Waals surface area contributed by atoms with Gasteiger partial charge >= 0.3 is 5.69 Å². The van der Waals surface area contributed by atoms with E-state index in [2.05, 4.69) is 4.98 Å². The minimum Gasteiger partial charge on any atom is -0.484 e. The number of carbonyl (C=O) groups is 1. The number of nitrogens with two attached hydrogens (primary N) is 1. The van der Waals surface area contributed by atoms with Crippen LogP contribution in [0.5, 0.6) is 5.75 Å². The number of benzene rings is 1. The van der Waals surface area contributed by atoms with Gasteiger partial charge in [-0.1, -0.05) is 38.8 Å². The zero-order valence-electron chi connectivity index (χ0n) is 17.2. The summed E-state index contributed by atoms with van der Waals surface area (Å²) in [6.45, 7) is 5.78. The Kier molecular flexibility index (Phi) is 8.05. The molecule has 8 nitrogen and oxygen atoms in total. The number of unbranched alkanes of at least 4 members (excludes halogenated alkanes) is 1. The number of rotatable bonds is 9. The average Bonchev–Trinajstić information content (AvgIpc) is 2.67. The fraction of sp³-hybridized carbons (Fsp3) is 0.450. The van der Waals surface area contributed by atoms with Gasteiger partial charge in [-0.15, -0.1) is 0 Å². The van der Waals surface area contributed by atoms with E-state index in [0.717, 1.165) is 12.5 Å². The Bertz CT molecular complexity index is 1020. The summed E-state index contributed by atoms with van der Waals surface area (Å²) in [7, 11) is 0. The molecular formula is C20H26ClFN4O4. The molecule has 1 heterocycles. The first-order valence-corrected chi connectivity index (χ1v) is 10.0. The molecule has 0 radical (unpaired) electrons. The highest BCUT2D eigenvalue weighted by Crippen LogP contribution is 2.22. The highest BCUT2D eigenvalue weighted by molar-refractivity contribution is 6.30. The Morgan fingerprint density at radius 1 is 1.37 bits per heavy atom. The molecule has 0 aliphatic rings. The van der Waals surface area contributed by atoms with Gasteiger partial charge < -0.3 is 15.4 Å². The predicted octanol–water partition coefficient (Wildman–Crippen LogP) is 2.78. The van der Waals surface area contributed by atoms with Crippen LogP contribution < -0.4 is 26.6 Å². The van der Waals surface area contributed by atoms with E-state index in [-0.39, 0.29) is 34.7 Å². The molecule has 0 atom stereocenters. The molecule has 0 spiro atoms. The molecule has 0 saturated carbocycles. The normalized spacial score (nSPS) is 11.0. The summed E-state index contributed by atoms with van der Waals surface area (Å²) in [4.78, 5) is 41.1. The third kappa shape index (κ3) is 5.63. The van der Waals surface area contributed by atoms with Gasteiger partial charge in [-0.05, 0) is 24.5 Å². The second-order valence-corrected chi connectivity index (χ2v) is 7.67. The lowest BCUT2D eigenvalue weighted by Gasteiger charge is -2.26. The molecule has 0 bridgehead atoms. The van der Waals surface area contributed by atoms with Crippen molar-refractivity contribution in [2.45, 2.75) is 40.2 Å². The third-order valence-electron chi connectivity index (χ3n) is 4.32. The van der Waals surface area contributed by atoms with Crippen LogP contribution in [0.1, 0.15) is 33.6 Å². The van der Waals surface area contributed by atoms with Crippen LogP contribution in [0.3, 0.4) is 0 Å². The molecule has 0 aliphatic heterocycles. The SMILES string of the molecule is CCCCn1c(N)c(N(CC(C)C)C(=O)COc2ccc(F)c(Cl)c2)c(=O)[nH]c1=O. The van der Waals surface area contributed by atoms with Gasteiger partial charge in [0, 0.05) is 19.2 Å². The minimum atomic E-state index is -0.746. The highest BCUT2D eigenvalue weighted by Gasteiger charge is 2.25. The lowest BCUT2D eigenvalue weighted by atomic mass is 10.2. The number of hydrogen-bond acceptors (Lipinski definition) is 5. The van der Waals surface area contributed by atoms with E-state index in [1.807, 2.05) is 20.8 Å². The van der Waals surface area contributed by atoms with E-state index in [4.69, 9.17) is 22.1 Å². The Labute approximate surface area is 178 Å². The van der Waals surface area contributed by atoms with Gasteiger partial charge in [0.2, 0.25) is 0 Å². The number of anilines is 2. The van der Waals surface area contributed by atoms with Gasteiger partial charge in [0.15, 0.2) is 12.3 Å².